The Hall–Kier alpha value is -4.57. The highest BCUT2D eigenvalue weighted by molar-refractivity contribution is 8.21. The molecule has 0 unspecified atom stereocenters. The zero-order valence-electron chi connectivity index (χ0n) is 35.0. The lowest BCUT2D eigenvalue weighted by atomic mass is 9.90. The number of rotatable bonds is 9. The zero-order valence-corrected chi connectivity index (χ0v) is 36.6. The summed E-state index contributed by atoms with van der Waals surface area (Å²) in [6, 6.07) is 10.3. The van der Waals surface area contributed by atoms with Crippen molar-refractivity contribution in [1.82, 2.24) is 24.0 Å². The number of amides is 2. The summed E-state index contributed by atoms with van der Waals surface area (Å²) in [5.41, 5.74) is 6.46. The first-order valence-electron chi connectivity index (χ1n) is 21.2. The molecule has 316 valence electrons. The number of hydrogen-bond acceptors (Lipinski definition) is 11. The number of pyridine rings is 1. The average molecular weight is 850 g/mol. The Morgan fingerprint density at radius 1 is 1.05 bits per heavy atom. The molecule has 2 aliphatic carbocycles. The summed E-state index contributed by atoms with van der Waals surface area (Å²) in [6.45, 7) is 13.8. The maximum absolute atomic E-state index is 14.0. The predicted molar refractivity (Wildman–Crippen MR) is 243 cm³/mol. The Kier molecular flexibility index (Phi) is 10.9. The summed E-state index contributed by atoms with van der Waals surface area (Å²) >= 11 is 4.35. The van der Waals surface area contributed by atoms with Gasteiger partial charge in [-0.3, -0.25) is 24.2 Å². The number of hydrogen-bond donors (Lipinski definition) is 3. The molecule has 1 atom stereocenters. The maximum Gasteiger partial charge on any atom is 0.293 e. The van der Waals surface area contributed by atoms with Crippen LogP contribution in [-0.4, -0.2) is 94.8 Å². The predicted octanol–water partition coefficient (Wildman–Crippen LogP) is 6.42. The van der Waals surface area contributed by atoms with Crippen molar-refractivity contribution < 1.29 is 14.7 Å². The van der Waals surface area contributed by atoms with Crippen molar-refractivity contribution in [2.24, 2.45) is 12.5 Å². The fraction of sp³-hybridized carbons (Fsp3) is 0.489. The van der Waals surface area contributed by atoms with E-state index in [9.17, 15) is 19.5 Å². The second-order valence-corrected chi connectivity index (χ2v) is 21.0. The van der Waals surface area contributed by atoms with Crippen molar-refractivity contribution in [1.29, 1.82) is 0 Å². The van der Waals surface area contributed by atoms with Gasteiger partial charge in [0.2, 0.25) is 5.91 Å². The maximum atomic E-state index is 14.0. The normalized spacial score (nSPS) is 21.3. The first-order chi connectivity index (χ1) is 28.9. The van der Waals surface area contributed by atoms with Gasteiger partial charge < -0.3 is 29.8 Å². The molecule has 2 amide bonds. The molecule has 2 saturated heterocycles. The van der Waals surface area contributed by atoms with Gasteiger partial charge in [0.15, 0.2) is 5.82 Å². The number of piperazine rings is 1. The molecule has 3 aliphatic heterocycles. The highest BCUT2D eigenvalue weighted by Crippen LogP contribution is 2.53. The van der Waals surface area contributed by atoms with E-state index in [1.807, 2.05) is 24.3 Å². The monoisotopic (exact) mass is 849 g/mol. The first kappa shape index (κ1) is 40.8. The van der Waals surface area contributed by atoms with Gasteiger partial charge in [-0.15, -0.1) is 23.5 Å². The lowest BCUT2D eigenvalue weighted by molar-refractivity contribution is -0.111. The smallest absolute Gasteiger partial charge is 0.293 e. The molecule has 6 heterocycles. The third kappa shape index (κ3) is 7.55. The number of anilines is 5. The molecule has 1 aromatic carbocycles. The Labute approximate surface area is 360 Å². The third-order valence-corrected chi connectivity index (χ3v) is 16.8. The van der Waals surface area contributed by atoms with Crippen LogP contribution in [0.5, 0.6) is 0 Å². The molecule has 1 spiro atoms. The molecular weight excluding hydrogens is 795 g/mol. The standard InChI is InChI=1S/C45H55N9O4S2/c1-6-39(56)48-34-22-30(7-8-36(34)52-16-15-51(25-28(52)2)31-9-12-45(13-10-31)59-19-20-60-45)47-40-43(58)50(5)26-35(49-40)32-11-14-46-41(33(32)27-55)54-18-17-53-37(42(54)57)21-29-23-44(3,4)24-38(29)53/h6-8,11,14,21-22,26,28,31,55H,1,9-10,12-13,15-20,23-25,27H2,2-5H3,(H,47,49)(H,48,56)/t28-/m0/s1. The van der Waals surface area contributed by atoms with E-state index in [1.165, 1.54) is 59.1 Å². The van der Waals surface area contributed by atoms with Crippen LogP contribution in [0.2, 0.25) is 0 Å². The molecule has 0 bridgehead atoms. The molecule has 13 nitrogen and oxygen atoms in total. The Bertz CT molecular complexity index is 2410. The molecule has 3 aromatic heterocycles. The number of nitrogens with zero attached hydrogens (tertiary/aromatic N) is 7. The van der Waals surface area contributed by atoms with Crippen LogP contribution in [-0.2, 0) is 37.8 Å². The minimum Gasteiger partial charge on any atom is -0.392 e. The zero-order chi connectivity index (χ0) is 41.9. The van der Waals surface area contributed by atoms with Crippen molar-refractivity contribution in [3.63, 3.8) is 0 Å². The molecule has 1 saturated carbocycles. The Balaban J connectivity index is 0.956. The number of aliphatic hydroxyl groups excluding tert-OH is 1. The molecule has 15 heteroatoms. The van der Waals surface area contributed by atoms with Gasteiger partial charge in [-0.05, 0) is 92.8 Å². The highest BCUT2D eigenvalue weighted by atomic mass is 32.2. The Morgan fingerprint density at radius 3 is 2.57 bits per heavy atom. The SMILES string of the molecule is C=CC(=O)Nc1cc(Nc2nc(-c3ccnc(N4CCn5c(cc6c5CC(C)(C)C6)C4=O)c3CO)cn(C)c2=O)ccc1N1CCN(C2CCC3(CC2)SCCS3)C[C@@H]1C. The summed E-state index contributed by atoms with van der Waals surface area (Å²) in [6.07, 6.45) is 11.4. The van der Waals surface area contributed by atoms with E-state index in [0.29, 0.717) is 62.9 Å². The van der Waals surface area contributed by atoms with Gasteiger partial charge in [0, 0.05) is 98.3 Å². The second-order valence-electron chi connectivity index (χ2n) is 17.8. The third-order valence-electron chi connectivity index (χ3n) is 13.1. The number of nitrogens with one attached hydrogen (secondary N) is 2. The van der Waals surface area contributed by atoms with Crippen LogP contribution in [0.4, 0.5) is 28.7 Å². The number of aryl methyl sites for hydroxylation is 1. The van der Waals surface area contributed by atoms with E-state index >= 15 is 0 Å². The molecular formula is C45H55N9O4S2. The van der Waals surface area contributed by atoms with E-state index in [-0.39, 0.29) is 41.3 Å². The number of fused-ring (bicyclic) bond motifs is 3. The van der Waals surface area contributed by atoms with Crippen LogP contribution in [0.15, 0.2) is 60.2 Å². The van der Waals surface area contributed by atoms with Crippen LogP contribution in [0.25, 0.3) is 11.3 Å². The van der Waals surface area contributed by atoms with Gasteiger partial charge in [0.1, 0.15) is 11.5 Å². The van der Waals surface area contributed by atoms with Crippen molar-refractivity contribution in [2.45, 2.75) is 88.6 Å². The molecule has 3 N–H and O–H groups in total. The summed E-state index contributed by atoms with van der Waals surface area (Å²) in [7, 11) is 1.65. The van der Waals surface area contributed by atoms with Crippen molar-refractivity contribution in [2.75, 3.05) is 58.1 Å². The van der Waals surface area contributed by atoms with Gasteiger partial charge in [-0.2, -0.15) is 0 Å². The molecule has 5 aliphatic rings. The Morgan fingerprint density at radius 2 is 1.83 bits per heavy atom. The van der Waals surface area contributed by atoms with Gasteiger partial charge >= 0.3 is 0 Å². The number of carbonyl (C=O) groups is 2. The van der Waals surface area contributed by atoms with E-state index in [4.69, 9.17) is 4.98 Å². The van der Waals surface area contributed by atoms with Gasteiger partial charge in [0.05, 0.1) is 27.8 Å². The van der Waals surface area contributed by atoms with E-state index < -0.39 is 0 Å². The summed E-state index contributed by atoms with van der Waals surface area (Å²) in [5.74, 6) is 2.53. The fourth-order valence-electron chi connectivity index (χ4n) is 10.2. The molecule has 0 radical (unpaired) electrons. The van der Waals surface area contributed by atoms with E-state index in [0.717, 1.165) is 38.2 Å². The quantitative estimate of drug-likeness (QED) is 0.161. The van der Waals surface area contributed by atoms with Gasteiger partial charge in [-0.1, -0.05) is 20.4 Å². The van der Waals surface area contributed by atoms with Crippen LogP contribution >= 0.6 is 23.5 Å². The molecule has 60 heavy (non-hydrogen) atoms. The summed E-state index contributed by atoms with van der Waals surface area (Å²) < 4.78 is 4.05. The van der Waals surface area contributed by atoms with E-state index in [1.54, 1.807) is 30.4 Å². The highest BCUT2D eigenvalue weighted by Gasteiger charge is 2.42. The first-order valence-corrected chi connectivity index (χ1v) is 23.2. The number of aliphatic hydroxyl groups is 1. The summed E-state index contributed by atoms with van der Waals surface area (Å²) in [4.78, 5) is 56.5. The van der Waals surface area contributed by atoms with Gasteiger partial charge in [0.25, 0.3) is 11.5 Å². The van der Waals surface area contributed by atoms with Crippen molar-refractivity contribution in [3.8, 4) is 11.3 Å². The number of thioether (sulfide) groups is 2. The number of carbonyl (C=O) groups excluding carboxylic acids is 2. The second kappa shape index (κ2) is 16.0. The van der Waals surface area contributed by atoms with E-state index in [2.05, 4.69) is 80.9 Å². The fourth-order valence-corrected chi connectivity index (χ4v) is 13.5. The minimum absolute atomic E-state index is 0.0703. The lowest BCUT2D eigenvalue weighted by Crippen LogP contribution is -2.56. The number of benzene rings is 1. The van der Waals surface area contributed by atoms with Crippen LogP contribution in [0.1, 0.15) is 73.8 Å². The largest absolute Gasteiger partial charge is 0.392 e. The molecule has 4 aromatic rings. The van der Waals surface area contributed by atoms with Crippen LogP contribution in [0.3, 0.4) is 0 Å². The molecule has 3 fully saturated rings. The van der Waals surface area contributed by atoms with Crippen molar-refractivity contribution >= 4 is 64.0 Å². The van der Waals surface area contributed by atoms with Gasteiger partial charge in [-0.25, -0.2) is 9.97 Å². The van der Waals surface area contributed by atoms with Crippen molar-refractivity contribution in [3.05, 3.63) is 88.2 Å². The van der Waals surface area contributed by atoms with Crippen LogP contribution < -0.4 is 26.0 Å². The minimum atomic E-state index is -0.387. The topological polar surface area (TPSA) is 141 Å². The summed E-state index contributed by atoms with van der Waals surface area (Å²) in [5, 5.41) is 17.0. The average Bonchev–Trinajstić information content (AvgIpc) is 3.92. The molecule has 9 rings (SSSR count). The lowest BCUT2D eigenvalue weighted by Gasteiger charge is -2.47. The van der Waals surface area contributed by atoms with Crippen LogP contribution in [0, 0.1) is 5.41 Å². The number of aromatic nitrogens is 4.